The summed E-state index contributed by atoms with van der Waals surface area (Å²) in [6.45, 7) is 2.71. The van der Waals surface area contributed by atoms with Gasteiger partial charge in [0.25, 0.3) is 0 Å². The predicted octanol–water partition coefficient (Wildman–Crippen LogP) is 0.629. The number of rotatable bonds is 2. The molecule has 3 N–H and O–H groups in total. The average Bonchev–Trinajstić information content (AvgIpc) is 2.79. The molecule has 3 rings (SSSR count). The Kier molecular flexibility index (Phi) is 1.70. The molecule has 80 valence electrons. The first-order valence-corrected chi connectivity index (χ1v) is 5.04. The highest BCUT2D eigenvalue weighted by Gasteiger charge is 2.22. The monoisotopic (exact) mass is 207 g/mol. The van der Waals surface area contributed by atoms with Gasteiger partial charge in [0.05, 0.1) is 12.1 Å². The van der Waals surface area contributed by atoms with Crippen molar-refractivity contribution < 1.29 is 9.52 Å². The van der Waals surface area contributed by atoms with Crippen LogP contribution in [0.1, 0.15) is 0 Å². The van der Waals surface area contributed by atoms with Crippen LogP contribution in [0.2, 0.25) is 0 Å². The fourth-order valence-corrected chi connectivity index (χ4v) is 2.23. The van der Waals surface area contributed by atoms with Gasteiger partial charge in [-0.25, -0.2) is 0 Å². The number of hydrogen-bond acceptors (Lipinski definition) is 4. The number of aliphatic hydroxyl groups is 1. The number of furan rings is 1. The summed E-state index contributed by atoms with van der Waals surface area (Å²) < 4.78 is 7.53. The van der Waals surface area contributed by atoms with Crippen LogP contribution >= 0.6 is 0 Å². The second-order valence-corrected chi connectivity index (χ2v) is 3.76. The number of fused-ring (bicyclic) bond motifs is 3. The van der Waals surface area contributed by atoms with Crippen LogP contribution in [0.3, 0.4) is 0 Å². The van der Waals surface area contributed by atoms with Gasteiger partial charge in [-0.1, -0.05) is 0 Å². The van der Waals surface area contributed by atoms with Crippen molar-refractivity contribution in [3.63, 3.8) is 0 Å². The number of aliphatic hydroxyl groups excluding tert-OH is 1. The quantitative estimate of drug-likeness (QED) is 0.758. The lowest BCUT2D eigenvalue weighted by atomic mass is 10.4. The number of nitrogens with two attached hydrogens (primary N) is 1. The largest absolute Gasteiger partial charge is 0.439 e. The third kappa shape index (κ3) is 1.13. The molecular formula is C10H13N3O2. The number of hydrogen-bond donors (Lipinski definition) is 2. The van der Waals surface area contributed by atoms with Crippen LogP contribution in [0.15, 0.2) is 16.5 Å². The van der Waals surface area contributed by atoms with Crippen LogP contribution < -0.4 is 10.6 Å². The fourth-order valence-electron chi connectivity index (χ4n) is 2.23. The summed E-state index contributed by atoms with van der Waals surface area (Å²) in [6.07, 6.45) is 0. The molecule has 1 aliphatic heterocycles. The van der Waals surface area contributed by atoms with E-state index in [9.17, 15) is 0 Å². The Balaban J connectivity index is 2.10. The molecule has 3 heterocycles. The predicted molar refractivity (Wildman–Crippen MR) is 57.9 cm³/mol. The minimum absolute atomic E-state index is 0.175. The van der Waals surface area contributed by atoms with Gasteiger partial charge in [-0.15, -0.1) is 0 Å². The van der Waals surface area contributed by atoms with E-state index in [1.165, 1.54) is 0 Å². The highest BCUT2D eigenvalue weighted by Crippen LogP contribution is 2.33. The Morgan fingerprint density at radius 3 is 3.07 bits per heavy atom. The molecule has 2 aromatic rings. The SMILES string of the molecule is Nc1cc2c(cc3n2CCN3CCO)o1. The molecule has 5 nitrogen and oxygen atoms in total. The lowest BCUT2D eigenvalue weighted by molar-refractivity contribution is 0.303. The van der Waals surface area contributed by atoms with Crippen molar-refractivity contribution >= 4 is 22.8 Å². The van der Waals surface area contributed by atoms with Crippen molar-refractivity contribution in [1.82, 2.24) is 4.57 Å². The van der Waals surface area contributed by atoms with Gasteiger partial charge >= 0.3 is 0 Å². The molecule has 0 aliphatic carbocycles. The molecule has 0 bridgehead atoms. The smallest absolute Gasteiger partial charge is 0.193 e. The van der Waals surface area contributed by atoms with Gasteiger partial charge in [0, 0.05) is 31.8 Å². The summed E-state index contributed by atoms with van der Waals surface area (Å²) in [5.74, 6) is 1.56. The molecule has 0 fully saturated rings. The van der Waals surface area contributed by atoms with Crippen molar-refractivity contribution in [3.8, 4) is 0 Å². The van der Waals surface area contributed by atoms with Gasteiger partial charge in [-0.2, -0.15) is 0 Å². The van der Waals surface area contributed by atoms with Crippen LogP contribution in [0.5, 0.6) is 0 Å². The fraction of sp³-hybridized carbons (Fsp3) is 0.400. The molecule has 0 atom stereocenters. The average molecular weight is 207 g/mol. The molecule has 1 aliphatic rings. The normalized spacial score (nSPS) is 15.1. The number of nitrogens with zero attached hydrogens (tertiary/aromatic N) is 2. The maximum atomic E-state index is 8.93. The number of nitrogen functional groups attached to an aromatic ring is 1. The molecule has 2 aromatic heterocycles. The Hall–Kier alpha value is -1.62. The van der Waals surface area contributed by atoms with E-state index in [-0.39, 0.29) is 6.61 Å². The molecule has 0 amide bonds. The Morgan fingerprint density at radius 1 is 1.40 bits per heavy atom. The van der Waals surface area contributed by atoms with Gasteiger partial charge in [0.15, 0.2) is 11.5 Å². The molecule has 0 spiro atoms. The minimum Gasteiger partial charge on any atom is -0.439 e. The van der Waals surface area contributed by atoms with Crippen molar-refractivity contribution in [2.75, 3.05) is 30.3 Å². The third-order valence-electron chi connectivity index (χ3n) is 2.87. The molecule has 0 aromatic carbocycles. The Morgan fingerprint density at radius 2 is 2.27 bits per heavy atom. The van der Waals surface area contributed by atoms with Gasteiger partial charge in [-0.05, 0) is 0 Å². The van der Waals surface area contributed by atoms with E-state index >= 15 is 0 Å². The minimum atomic E-state index is 0.175. The summed E-state index contributed by atoms with van der Waals surface area (Å²) in [4.78, 5) is 2.14. The number of anilines is 2. The second-order valence-electron chi connectivity index (χ2n) is 3.76. The Labute approximate surface area is 86.7 Å². The van der Waals surface area contributed by atoms with Crippen LogP contribution in [0.4, 0.5) is 11.7 Å². The topological polar surface area (TPSA) is 67.6 Å². The maximum absolute atomic E-state index is 8.93. The molecule has 0 radical (unpaired) electrons. The Bertz CT molecular complexity index is 500. The summed E-state index contributed by atoms with van der Waals surface area (Å²) in [7, 11) is 0. The van der Waals surface area contributed by atoms with Gasteiger partial charge in [0.1, 0.15) is 5.82 Å². The van der Waals surface area contributed by atoms with Crippen molar-refractivity contribution in [1.29, 1.82) is 0 Å². The van der Waals surface area contributed by atoms with E-state index in [0.29, 0.717) is 12.4 Å². The van der Waals surface area contributed by atoms with Gasteiger partial charge in [-0.3, -0.25) is 0 Å². The number of β-amino-alcohol motifs (C(OH)–C–C–N with tert-alkyl or cyclic N) is 1. The zero-order chi connectivity index (χ0) is 10.4. The first kappa shape index (κ1) is 8.67. The zero-order valence-electron chi connectivity index (χ0n) is 8.31. The number of aromatic nitrogens is 1. The molecular weight excluding hydrogens is 194 g/mol. The van der Waals surface area contributed by atoms with Crippen LogP contribution in [-0.2, 0) is 6.54 Å². The lowest BCUT2D eigenvalue weighted by Gasteiger charge is -2.14. The summed E-state index contributed by atoms with van der Waals surface area (Å²) in [5, 5.41) is 8.93. The lowest BCUT2D eigenvalue weighted by Crippen LogP contribution is -2.23. The van der Waals surface area contributed by atoms with Crippen LogP contribution in [0.25, 0.3) is 11.1 Å². The summed E-state index contributed by atoms with van der Waals surface area (Å²) in [5.41, 5.74) is 7.46. The molecule has 15 heavy (non-hydrogen) atoms. The molecule has 5 heteroatoms. The molecule has 0 saturated heterocycles. The maximum Gasteiger partial charge on any atom is 0.193 e. The highest BCUT2D eigenvalue weighted by atomic mass is 16.3. The second kappa shape index (κ2) is 2.93. The van der Waals surface area contributed by atoms with E-state index < -0.39 is 0 Å². The van der Waals surface area contributed by atoms with Gasteiger partial charge in [0.2, 0.25) is 0 Å². The first-order chi connectivity index (χ1) is 7.29. The van der Waals surface area contributed by atoms with Crippen molar-refractivity contribution in [2.45, 2.75) is 6.54 Å². The zero-order valence-corrected chi connectivity index (χ0v) is 8.31. The van der Waals surface area contributed by atoms with E-state index in [2.05, 4.69) is 9.47 Å². The summed E-state index contributed by atoms with van der Waals surface area (Å²) in [6, 6.07) is 3.83. The molecule has 0 saturated carbocycles. The van der Waals surface area contributed by atoms with Crippen LogP contribution in [0, 0.1) is 0 Å². The van der Waals surface area contributed by atoms with Crippen molar-refractivity contribution in [3.05, 3.63) is 12.1 Å². The third-order valence-corrected chi connectivity index (χ3v) is 2.87. The van der Waals surface area contributed by atoms with Gasteiger partial charge < -0.3 is 24.7 Å². The van der Waals surface area contributed by atoms with E-state index in [0.717, 1.165) is 30.0 Å². The van der Waals surface area contributed by atoms with Crippen molar-refractivity contribution in [2.24, 2.45) is 0 Å². The van der Waals surface area contributed by atoms with Crippen LogP contribution in [-0.4, -0.2) is 29.4 Å². The highest BCUT2D eigenvalue weighted by molar-refractivity contribution is 5.83. The van der Waals surface area contributed by atoms with E-state index in [1.807, 2.05) is 12.1 Å². The van der Waals surface area contributed by atoms with E-state index in [1.54, 1.807) is 0 Å². The first-order valence-electron chi connectivity index (χ1n) is 5.04. The summed E-state index contributed by atoms with van der Waals surface area (Å²) >= 11 is 0. The molecule has 0 unspecified atom stereocenters. The standard InChI is InChI=1S/C10H13N3O2/c11-9-5-7-8(15-9)6-10-12(3-4-14)1-2-13(7)10/h5-6,14H,1-4,11H2. The van der Waals surface area contributed by atoms with E-state index in [4.69, 9.17) is 15.3 Å².